The largest absolute Gasteiger partial charge is 0.271 e. The third kappa shape index (κ3) is 3.63. The summed E-state index contributed by atoms with van der Waals surface area (Å²) < 4.78 is 27.7. The lowest BCUT2D eigenvalue weighted by atomic mass is 9.99. The number of nitrogens with two attached hydrogens (primary N) is 1. The molecule has 1 unspecified atom stereocenters. The first-order chi connectivity index (χ1) is 9.51. The second-order valence-corrected chi connectivity index (χ2v) is 6.05. The molecule has 0 bridgehead atoms. The van der Waals surface area contributed by atoms with E-state index in [-0.39, 0.29) is 17.7 Å². The Kier molecular flexibility index (Phi) is 5.26. The van der Waals surface area contributed by atoms with Crippen molar-refractivity contribution in [2.75, 3.05) is 0 Å². The molecule has 0 saturated heterocycles. The van der Waals surface area contributed by atoms with Gasteiger partial charge >= 0.3 is 0 Å². The molecule has 0 spiro atoms. The number of nitrogens with one attached hydrogen (secondary N) is 1. The maximum absolute atomic E-state index is 13.4. The van der Waals surface area contributed by atoms with Crippen LogP contribution < -0.4 is 11.3 Å². The fraction of sp³-hybridized carbons (Fsp3) is 0.143. The van der Waals surface area contributed by atoms with E-state index in [1.54, 1.807) is 18.2 Å². The maximum Gasteiger partial charge on any atom is 0.137 e. The molecule has 1 atom stereocenters. The monoisotopic (exact) mass is 404 g/mol. The number of rotatable bonds is 4. The first-order valence-corrected chi connectivity index (χ1v) is 7.45. The topological polar surface area (TPSA) is 38.0 Å². The summed E-state index contributed by atoms with van der Waals surface area (Å²) in [5.41, 5.74) is 4.27. The van der Waals surface area contributed by atoms with Gasteiger partial charge in [-0.3, -0.25) is 11.3 Å². The Morgan fingerprint density at radius 1 is 1.05 bits per heavy atom. The SMILES string of the molecule is NNC(Cc1ccc(F)c(Br)c1)c1cc(F)ccc1Br. The molecule has 6 heteroatoms. The Morgan fingerprint density at radius 2 is 1.80 bits per heavy atom. The van der Waals surface area contributed by atoms with Crippen LogP contribution in [-0.2, 0) is 6.42 Å². The number of halogens is 4. The van der Waals surface area contributed by atoms with Crippen LogP contribution in [0.25, 0.3) is 0 Å². The third-order valence-electron chi connectivity index (χ3n) is 2.96. The minimum atomic E-state index is -0.330. The van der Waals surface area contributed by atoms with E-state index in [0.29, 0.717) is 16.5 Å². The molecular formula is C14H12Br2F2N2. The lowest BCUT2D eigenvalue weighted by Gasteiger charge is -2.18. The lowest BCUT2D eigenvalue weighted by molar-refractivity contribution is 0.541. The Balaban J connectivity index is 2.28. The summed E-state index contributed by atoms with van der Waals surface area (Å²) in [6, 6.07) is 8.90. The molecule has 3 N–H and O–H groups in total. The summed E-state index contributed by atoms with van der Waals surface area (Å²) in [6.07, 6.45) is 0.511. The first-order valence-electron chi connectivity index (χ1n) is 5.86. The zero-order valence-corrected chi connectivity index (χ0v) is 13.5. The molecule has 0 aliphatic carbocycles. The van der Waals surface area contributed by atoms with Gasteiger partial charge in [-0.2, -0.15) is 0 Å². The van der Waals surface area contributed by atoms with Crippen LogP contribution in [0.1, 0.15) is 17.2 Å². The molecule has 0 fully saturated rings. The van der Waals surface area contributed by atoms with Gasteiger partial charge in [0.2, 0.25) is 0 Å². The van der Waals surface area contributed by atoms with Crippen molar-refractivity contribution in [1.82, 2.24) is 5.43 Å². The van der Waals surface area contributed by atoms with Crippen LogP contribution in [0, 0.1) is 11.6 Å². The molecule has 0 aromatic heterocycles. The van der Waals surface area contributed by atoms with E-state index in [1.165, 1.54) is 18.2 Å². The van der Waals surface area contributed by atoms with Crippen molar-refractivity contribution in [2.24, 2.45) is 5.84 Å². The van der Waals surface area contributed by atoms with Crippen LogP contribution in [-0.4, -0.2) is 0 Å². The minimum Gasteiger partial charge on any atom is -0.271 e. The van der Waals surface area contributed by atoms with Crippen molar-refractivity contribution in [3.63, 3.8) is 0 Å². The summed E-state index contributed by atoms with van der Waals surface area (Å²) >= 11 is 6.52. The van der Waals surface area contributed by atoms with E-state index in [2.05, 4.69) is 37.3 Å². The molecule has 20 heavy (non-hydrogen) atoms. The summed E-state index contributed by atoms with van der Waals surface area (Å²) in [6.45, 7) is 0. The van der Waals surface area contributed by atoms with Gasteiger partial charge in [0, 0.05) is 4.47 Å². The molecule has 0 radical (unpaired) electrons. The van der Waals surface area contributed by atoms with Crippen molar-refractivity contribution >= 4 is 31.9 Å². The highest BCUT2D eigenvalue weighted by molar-refractivity contribution is 9.10. The van der Waals surface area contributed by atoms with E-state index in [1.807, 2.05) is 0 Å². The fourth-order valence-electron chi connectivity index (χ4n) is 1.94. The van der Waals surface area contributed by atoms with E-state index in [0.717, 1.165) is 10.0 Å². The Morgan fingerprint density at radius 3 is 2.45 bits per heavy atom. The molecule has 0 aliphatic rings. The molecular weight excluding hydrogens is 394 g/mol. The van der Waals surface area contributed by atoms with Crippen molar-refractivity contribution in [3.05, 3.63) is 68.1 Å². The van der Waals surface area contributed by atoms with E-state index >= 15 is 0 Å². The van der Waals surface area contributed by atoms with Gasteiger partial charge in [-0.05, 0) is 63.8 Å². The average molecular weight is 406 g/mol. The van der Waals surface area contributed by atoms with Crippen molar-refractivity contribution in [1.29, 1.82) is 0 Å². The molecule has 2 nitrogen and oxygen atoms in total. The van der Waals surface area contributed by atoms with Gasteiger partial charge in [0.15, 0.2) is 0 Å². The molecule has 2 rings (SSSR count). The number of hydrogen-bond acceptors (Lipinski definition) is 2. The number of hydrazine groups is 1. The second-order valence-electron chi connectivity index (χ2n) is 4.34. The summed E-state index contributed by atoms with van der Waals surface area (Å²) in [5, 5.41) is 0. The summed E-state index contributed by atoms with van der Waals surface area (Å²) in [5.74, 6) is 4.91. The van der Waals surface area contributed by atoms with Crippen LogP contribution in [0.3, 0.4) is 0 Å². The van der Waals surface area contributed by atoms with E-state index in [4.69, 9.17) is 5.84 Å². The van der Waals surface area contributed by atoms with Crippen LogP contribution in [0.15, 0.2) is 45.3 Å². The normalized spacial score (nSPS) is 12.4. The predicted molar refractivity (Wildman–Crippen MR) is 82.0 cm³/mol. The van der Waals surface area contributed by atoms with Gasteiger partial charge in [0.05, 0.1) is 10.5 Å². The average Bonchev–Trinajstić information content (AvgIpc) is 2.43. The van der Waals surface area contributed by atoms with Crippen LogP contribution >= 0.6 is 31.9 Å². The Labute approximate surface area is 132 Å². The first kappa shape index (κ1) is 15.6. The van der Waals surface area contributed by atoms with Crippen molar-refractivity contribution in [2.45, 2.75) is 12.5 Å². The second kappa shape index (κ2) is 6.76. The quantitative estimate of drug-likeness (QED) is 0.589. The Hall–Kier alpha value is -0.820. The van der Waals surface area contributed by atoms with Crippen LogP contribution in [0.2, 0.25) is 0 Å². The lowest BCUT2D eigenvalue weighted by Crippen LogP contribution is -2.30. The highest BCUT2D eigenvalue weighted by atomic mass is 79.9. The van der Waals surface area contributed by atoms with Crippen molar-refractivity contribution in [3.8, 4) is 0 Å². The highest BCUT2D eigenvalue weighted by Crippen LogP contribution is 2.27. The van der Waals surface area contributed by atoms with Gasteiger partial charge in [-0.1, -0.05) is 22.0 Å². The molecule has 2 aromatic carbocycles. The van der Waals surface area contributed by atoms with Gasteiger partial charge in [-0.15, -0.1) is 0 Å². The van der Waals surface area contributed by atoms with Crippen LogP contribution in [0.5, 0.6) is 0 Å². The van der Waals surface area contributed by atoms with Gasteiger partial charge in [-0.25, -0.2) is 8.78 Å². The minimum absolute atomic E-state index is 0.280. The van der Waals surface area contributed by atoms with Crippen LogP contribution in [0.4, 0.5) is 8.78 Å². The number of benzene rings is 2. The number of hydrogen-bond donors (Lipinski definition) is 2. The zero-order valence-electron chi connectivity index (χ0n) is 10.3. The molecule has 0 amide bonds. The zero-order chi connectivity index (χ0) is 14.7. The van der Waals surface area contributed by atoms with E-state index < -0.39 is 0 Å². The fourth-order valence-corrected chi connectivity index (χ4v) is 2.89. The molecule has 2 aromatic rings. The summed E-state index contributed by atoms with van der Waals surface area (Å²) in [4.78, 5) is 0. The molecule has 0 aliphatic heterocycles. The van der Waals surface area contributed by atoms with Gasteiger partial charge in [0.25, 0.3) is 0 Å². The summed E-state index contributed by atoms with van der Waals surface area (Å²) in [7, 11) is 0. The van der Waals surface area contributed by atoms with Crippen molar-refractivity contribution < 1.29 is 8.78 Å². The highest BCUT2D eigenvalue weighted by Gasteiger charge is 2.15. The molecule has 106 valence electrons. The van der Waals surface area contributed by atoms with E-state index in [9.17, 15) is 8.78 Å². The maximum atomic E-state index is 13.4. The Bertz CT molecular complexity index is 620. The molecule has 0 saturated carbocycles. The standard InChI is InChI=1S/C14H12Br2F2N2/c15-11-3-2-9(17)7-10(11)14(20-19)6-8-1-4-13(18)12(16)5-8/h1-5,7,14,20H,6,19H2. The smallest absolute Gasteiger partial charge is 0.137 e. The molecule has 0 heterocycles. The third-order valence-corrected chi connectivity index (χ3v) is 4.29. The van der Waals surface area contributed by atoms with Gasteiger partial charge < -0.3 is 0 Å². The predicted octanol–water partition coefficient (Wildman–Crippen LogP) is 4.24. The van der Waals surface area contributed by atoms with Gasteiger partial charge in [0.1, 0.15) is 11.6 Å².